The van der Waals surface area contributed by atoms with Crippen molar-refractivity contribution < 1.29 is 38.6 Å². The predicted octanol–water partition coefficient (Wildman–Crippen LogP) is 6.04. The van der Waals surface area contributed by atoms with Crippen LogP contribution in [0.15, 0.2) is 96.1 Å². The third kappa shape index (κ3) is 13.1. The highest BCUT2D eigenvalue weighted by Crippen LogP contribution is 2.29. The summed E-state index contributed by atoms with van der Waals surface area (Å²) in [6, 6.07) is 23.2. The van der Waals surface area contributed by atoms with E-state index in [2.05, 4.69) is 10.5 Å². The molecule has 12 heteroatoms. The molecule has 0 saturated carbocycles. The third-order valence-corrected chi connectivity index (χ3v) is 8.50. The van der Waals surface area contributed by atoms with Gasteiger partial charge in [-0.25, -0.2) is 10.9 Å². The molecule has 1 aliphatic rings. The average Bonchev–Trinajstić information content (AvgIpc) is 3.16. The summed E-state index contributed by atoms with van der Waals surface area (Å²) in [5, 5.41) is 12.7. The minimum Gasteiger partial charge on any atom is -0.494 e. The highest BCUT2D eigenvalue weighted by Gasteiger charge is 2.34. The molecular formula is C40H48N4O8. The van der Waals surface area contributed by atoms with Gasteiger partial charge in [0.05, 0.1) is 25.5 Å². The predicted molar refractivity (Wildman–Crippen MR) is 196 cm³/mol. The first kappa shape index (κ1) is 39.5. The Hall–Kier alpha value is -5.33. The van der Waals surface area contributed by atoms with Crippen LogP contribution in [0.2, 0.25) is 0 Å². The normalized spacial score (nSPS) is 17.5. The van der Waals surface area contributed by atoms with Crippen molar-refractivity contribution in [3.05, 3.63) is 113 Å². The van der Waals surface area contributed by atoms with E-state index in [1.54, 1.807) is 48.0 Å². The number of rotatable bonds is 16. The van der Waals surface area contributed by atoms with E-state index < -0.39 is 12.1 Å². The number of methoxy groups -OCH3 is 1. The van der Waals surface area contributed by atoms with E-state index in [0.717, 1.165) is 36.0 Å². The van der Waals surface area contributed by atoms with Crippen LogP contribution < -0.4 is 15.6 Å². The number of ether oxygens (including phenoxy) is 3. The van der Waals surface area contributed by atoms with Gasteiger partial charge in [-0.1, -0.05) is 85.7 Å². The summed E-state index contributed by atoms with van der Waals surface area (Å²) < 4.78 is 17.4. The Bertz CT molecular complexity index is 1640. The van der Waals surface area contributed by atoms with Crippen molar-refractivity contribution in [1.82, 2.24) is 15.8 Å². The molecule has 0 radical (unpaired) electrons. The van der Waals surface area contributed by atoms with Crippen molar-refractivity contribution in [1.29, 1.82) is 0 Å². The molecule has 1 aliphatic heterocycles. The van der Waals surface area contributed by atoms with Crippen molar-refractivity contribution in [2.45, 2.75) is 76.5 Å². The Kier molecular flexibility index (Phi) is 16.5. The van der Waals surface area contributed by atoms with E-state index in [1.165, 1.54) is 0 Å². The van der Waals surface area contributed by atoms with Gasteiger partial charge in [-0.05, 0) is 60.6 Å². The Balaban J connectivity index is 1.37. The lowest BCUT2D eigenvalue weighted by Crippen LogP contribution is -2.47. The number of carbonyl (C=O) groups excluding carboxylic acids is 4. The standard InChI is InChI=1S/C40H48N4O8/c1-50-29-35-39(32-14-7-6-8-15-32)52-38(47)20-11-3-2-10-19-37(46)44(35)28-31-23-21-30(22-24-31)27-41-42-40(48)33-16-13-17-34(26-33)51-25-12-5-4-9-18-36(45)43-49/h2-3,6-8,13-17,21-24,26-27,35,39,49H,4-5,9-12,18-20,25,28-29H2,1H3,(H,42,48)(H,43,45)/b3-2+,41-27+/t35-,39-/m0/s1. The Morgan fingerprint density at radius 3 is 2.44 bits per heavy atom. The van der Waals surface area contributed by atoms with Crippen molar-refractivity contribution in [2.75, 3.05) is 20.3 Å². The number of carbonyl (C=O) groups is 4. The van der Waals surface area contributed by atoms with Crippen LogP contribution in [0.3, 0.4) is 0 Å². The number of unbranched alkanes of at least 4 members (excludes halogenated alkanes) is 3. The van der Waals surface area contributed by atoms with Gasteiger partial charge in [0.15, 0.2) is 0 Å². The molecular weight excluding hydrogens is 664 g/mol. The number of hydrazone groups is 1. The van der Waals surface area contributed by atoms with Gasteiger partial charge in [-0.15, -0.1) is 0 Å². The number of allylic oxidation sites excluding steroid dienone is 2. The summed E-state index contributed by atoms with van der Waals surface area (Å²) in [7, 11) is 1.57. The third-order valence-electron chi connectivity index (χ3n) is 8.50. The molecule has 0 fully saturated rings. The molecule has 52 heavy (non-hydrogen) atoms. The number of hydrogen-bond donors (Lipinski definition) is 3. The van der Waals surface area contributed by atoms with E-state index in [1.807, 2.05) is 66.7 Å². The number of amides is 3. The van der Waals surface area contributed by atoms with Gasteiger partial charge in [0.2, 0.25) is 11.8 Å². The summed E-state index contributed by atoms with van der Waals surface area (Å²) in [5.41, 5.74) is 6.97. The number of hydroxylamine groups is 1. The monoisotopic (exact) mass is 712 g/mol. The lowest BCUT2D eigenvalue weighted by molar-refractivity contribution is -0.159. The van der Waals surface area contributed by atoms with Crippen LogP contribution in [-0.4, -0.2) is 66.4 Å². The minimum absolute atomic E-state index is 0.0749. The molecule has 0 unspecified atom stereocenters. The molecule has 0 bridgehead atoms. The second kappa shape index (κ2) is 21.8. The van der Waals surface area contributed by atoms with E-state index in [4.69, 9.17) is 19.4 Å². The van der Waals surface area contributed by atoms with Crippen LogP contribution in [0.25, 0.3) is 0 Å². The quantitative estimate of drug-likeness (QED) is 0.0405. The molecule has 3 aromatic carbocycles. The molecule has 2 atom stereocenters. The summed E-state index contributed by atoms with van der Waals surface area (Å²) in [6.07, 6.45) is 9.83. The Morgan fingerprint density at radius 1 is 0.942 bits per heavy atom. The zero-order valence-electron chi connectivity index (χ0n) is 29.6. The highest BCUT2D eigenvalue weighted by atomic mass is 16.5. The number of cyclic esters (lactones) is 1. The molecule has 0 spiro atoms. The van der Waals surface area contributed by atoms with Gasteiger partial charge in [-0.2, -0.15) is 5.10 Å². The van der Waals surface area contributed by atoms with Crippen molar-refractivity contribution >= 4 is 29.9 Å². The maximum atomic E-state index is 13.7. The number of nitrogens with one attached hydrogen (secondary N) is 2. The van der Waals surface area contributed by atoms with Crippen molar-refractivity contribution in [2.24, 2.45) is 5.10 Å². The molecule has 3 N–H and O–H groups in total. The molecule has 0 aromatic heterocycles. The van der Waals surface area contributed by atoms with E-state index >= 15 is 0 Å². The summed E-state index contributed by atoms with van der Waals surface area (Å²) in [5.74, 6) is -0.615. The molecule has 0 aliphatic carbocycles. The average molecular weight is 713 g/mol. The zero-order chi connectivity index (χ0) is 37.0. The van der Waals surface area contributed by atoms with Crippen LogP contribution in [0.5, 0.6) is 5.75 Å². The Labute approximate surface area is 304 Å². The second-order valence-corrected chi connectivity index (χ2v) is 12.4. The van der Waals surface area contributed by atoms with Gasteiger partial charge in [-0.3, -0.25) is 24.4 Å². The van der Waals surface area contributed by atoms with Crippen LogP contribution in [0, 0.1) is 0 Å². The van der Waals surface area contributed by atoms with Gasteiger partial charge in [0, 0.05) is 38.5 Å². The van der Waals surface area contributed by atoms with E-state index in [0.29, 0.717) is 43.6 Å². The lowest BCUT2D eigenvalue weighted by Gasteiger charge is -2.37. The summed E-state index contributed by atoms with van der Waals surface area (Å²) in [4.78, 5) is 52.2. The molecule has 0 saturated heterocycles. The molecule has 12 nitrogen and oxygen atoms in total. The zero-order valence-corrected chi connectivity index (χ0v) is 29.6. The minimum atomic E-state index is -0.714. The fourth-order valence-electron chi connectivity index (χ4n) is 5.75. The van der Waals surface area contributed by atoms with Crippen LogP contribution >= 0.6 is 0 Å². The number of esters is 1. The summed E-state index contributed by atoms with van der Waals surface area (Å²) in [6.45, 7) is 0.916. The SMILES string of the molecule is COC[C@H]1[C@H](c2ccccc2)OC(=O)CC/C=C/CCC(=O)N1Cc1ccc(/C=N/NC(=O)c2cccc(OCCCCCCC(=O)NO)c2)cc1. The molecule has 3 amide bonds. The van der Waals surface area contributed by atoms with Crippen molar-refractivity contribution in [3.8, 4) is 5.75 Å². The van der Waals surface area contributed by atoms with Crippen LogP contribution in [0.1, 0.15) is 90.9 Å². The first-order valence-corrected chi connectivity index (χ1v) is 17.6. The molecule has 4 rings (SSSR count). The van der Waals surface area contributed by atoms with Crippen molar-refractivity contribution in [3.63, 3.8) is 0 Å². The Morgan fingerprint density at radius 2 is 1.69 bits per heavy atom. The first-order chi connectivity index (χ1) is 25.4. The second-order valence-electron chi connectivity index (χ2n) is 12.4. The fourth-order valence-corrected chi connectivity index (χ4v) is 5.75. The van der Waals surface area contributed by atoms with Crippen LogP contribution in [0.4, 0.5) is 0 Å². The smallest absolute Gasteiger partial charge is 0.306 e. The maximum absolute atomic E-state index is 13.7. The number of hydrogen-bond acceptors (Lipinski definition) is 9. The number of benzene rings is 3. The largest absolute Gasteiger partial charge is 0.494 e. The van der Waals surface area contributed by atoms with Gasteiger partial charge in [0.1, 0.15) is 11.9 Å². The van der Waals surface area contributed by atoms with E-state index in [9.17, 15) is 19.2 Å². The molecule has 3 aromatic rings. The fraction of sp³-hybridized carbons (Fsp3) is 0.375. The van der Waals surface area contributed by atoms with Crippen LogP contribution in [-0.2, 0) is 30.4 Å². The highest BCUT2D eigenvalue weighted by molar-refractivity contribution is 5.95. The lowest BCUT2D eigenvalue weighted by atomic mass is 9.99. The molecule has 276 valence electrons. The van der Waals surface area contributed by atoms with Gasteiger partial charge < -0.3 is 19.1 Å². The van der Waals surface area contributed by atoms with Gasteiger partial charge in [0.25, 0.3) is 5.91 Å². The van der Waals surface area contributed by atoms with E-state index in [-0.39, 0.29) is 49.7 Å². The van der Waals surface area contributed by atoms with Gasteiger partial charge >= 0.3 is 5.97 Å². The summed E-state index contributed by atoms with van der Waals surface area (Å²) >= 11 is 0. The topological polar surface area (TPSA) is 156 Å². The molecule has 1 heterocycles. The first-order valence-electron chi connectivity index (χ1n) is 17.6. The maximum Gasteiger partial charge on any atom is 0.306 e. The number of nitrogens with zero attached hydrogens (tertiary/aromatic N) is 2.